The van der Waals surface area contributed by atoms with E-state index in [2.05, 4.69) is 16.8 Å². The molecule has 18 heavy (non-hydrogen) atoms. The van der Waals surface area contributed by atoms with Gasteiger partial charge in [0.2, 0.25) is 0 Å². The van der Waals surface area contributed by atoms with Crippen molar-refractivity contribution in [2.75, 3.05) is 32.7 Å². The number of rotatable bonds is 4. The lowest BCUT2D eigenvalue weighted by Gasteiger charge is -2.34. The van der Waals surface area contributed by atoms with Gasteiger partial charge in [-0.2, -0.15) is 0 Å². The molecule has 1 saturated heterocycles. The number of carbonyl (C=O) groups is 1. The molecule has 1 amide bonds. The van der Waals surface area contributed by atoms with Crippen molar-refractivity contribution in [3.63, 3.8) is 0 Å². The molecular formula is C14H21N3O. The number of nitrogens with zero attached hydrogens (tertiary/aromatic N) is 3. The van der Waals surface area contributed by atoms with E-state index in [-0.39, 0.29) is 5.91 Å². The quantitative estimate of drug-likeness (QED) is 0.811. The van der Waals surface area contributed by atoms with E-state index in [1.54, 1.807) is 12.4 Å². The van der Waals surface area contributed by atoms with E-state index in [0.717, 1.165) is 32.7 Å². The Morgan fingerprint density at radius 3 is 2.72 bits per heavy atom. The van der Waals surface area contributed by atoms with Gasteiger partial charge in [-0.15, -0.1) is 0 Å². The molecule has 0 atom stereocenters. The smallest absolute Gasteiger partial charge is 0.255 e. The first-order chi connectivity index (χ1) is 8.81. The van der Waals surface area contributed by atoms with Gasteiger partial charge in [0.15, 0.2) is 0 Å². The molecule has 1 aromatic heterocycles. The lowest BCUT2D eigenvalue weighted by atomic mass is 10.2. The molecule has 0 aliphatic carbocycles. The summed E-state index contributed by atoms with van der Waals surface area (Å²) in [6, 6.07) is 3.64. The Labute approximate surface area is 109 Å². The van der Waals surface area contributed by atoms with Crippen LogP contribution in [0.1, 0.15) is 30.1 Å². The van der Waals surface area contributed by atoms with Crippen LogP contribution in [-0.2, 0) is 0 Å². The van der Waals surface area contributed by atoms with Crippen molar-refractivity contribution >= 4 is 5.91 Å². The Kier molecular flexibility index (Phi) is 4.70. The molecule has 0 saturated carbocycles. The Morgan fingerprint density at radius 1 is 1.33 bits per heavy atom. The average Bonchev–Trinajstić information content (AvgIpc) is 2.46. The summed E-state index contributed by atoms with van der Waals surface area (Å²) < 4.78 is 0. The van der Waals surface area contributed by atoms with E-state index in [4.69, 9.17) is 0 Å². The van der Waals surface area contributed by atoms with Crippen molar-refractivity contribution in [1.29, 1.82) is 0 Å². The fourth-order valence-electron chi connectivity index (χ4n) is 2.23. The van der Waals surface area contributed by atoms with Crippen molar-refractivity contribution in [1.82, 2.24) is 14.8 Å². The summed E-state index contributed by atoms with van der Waals surface area (Å²) >= 11 is 0. The van der Waals surface area contributed by atoms with Crippen molar-refractivity contribution in [2.24, 2.45) is 0 Å². The van der Waals surface area contributed by atoms with E-state index in [1.807, 2.05) is 17.0 Å². The molecule has 0 unspecified atom stereocenters. The van der Waals surface area contributed by atoms with E-state index in [1.165, 1.54) is 12.8 Å². The maximum Gasteiger partial charge on any atom is 0.255 e. The van der Waals surface area contributed by atoms with Crippen LogP contribution < -0.4 is 0 Å². The van der Waals surface area contributed by atoms with E-state index in [0.29, 0.717) is 5.56 Å². The number of aromatic nitrogens is 1. The second-order valence-electron chi connectivity index (χ2n) is 4.73. The molecule has 2 rings (SSSR count). The highest BCUT2D eigenvalue weighted by atomic mass is 16.2. The molecule has 0 aromatic carbocycles. The summed E-state index contributed by atoms with van der Waals surface area (Å²) in [5.74, 6) is 0.109. The minimum absolute atomic E-state index is 0.109. The molecule has 2 heterocycles. The minimum Gasteiger partial charge on any atom is -0.336 e. The van der Waals surface area contributed by atoms with Crippen LogP contribution in [0.3, 0.4) is 0 Å². The molecule has 1 aliphatic heterocycles. The predicted molar refractivity (Wildman–Crippen MR) is 71.5 cm³/mol. The molecule has 0 N–H and O–H groups in total. The second-order valence-corrected chi connectivity index (χ2v) is 4.73. The number of amides is 1. The molecular weight excluding hydrogens is 226 g/mol. The monoisotopic (exact) mass is 247 g/mol. The number of piperazine rings is 1. The Balaban J connectivity index is 1.84. The van der Waals surface area contributed by atoms with Crippen molar-refractivity contribution in [3.8, 4) is 0 Å². The Bertz CT molecular complexity index is 372. The molecule has 1 aliphatic rings. The Morgan fingerprint density at radius 2 is 2.11 bits per heavy atom. The standard InChI is InChI=1S/C14H21N3O/c1-2-3-7-16-8-10-17(11-9-16)14(18)13-5-4-6-15-12-13/h4-6,12H,2-3,7-11H2,1H3. The van der Waals surface area contributed by atoms with Crippen molar-refractivity contribution in [3.05, 3.63) is 30.1 Å². The number of hydrogen-bond donors (Lipinski definition) is 0. The number of carbonyl (C=O) groups excluding carboxylic acids is 1. The zero-order chi connectivity index (χ0) is 12.8. The molecule has 98 valence electrons. The van der Waals surface area contributed by atoms with Crippen LogP contribution >= 0.6 is 0 Å². The van der Waals surface area contributed by atoms with Crippen LogP contribution in [0.2, 0.25) is 0 Å². The van der Waals surface area contributed by atoms with Gasteiger partial charge in [-0.1, -0.05) is 13.3 Å². The van der Waals surface area contributed by atoms with Gasteiger partial charge in [0.1, 0.15) is 0 Å². The van der Waals surface area contributed by atoms with Gasteiger partial charge in [-0.3, -0.25) is 14.7 Å². The van der Waals surface area contributed by atoms with E-state index < -0.39 is 0 Å². The van der Waals surface area contributed by atoms with Gasteiger partial charge in [0.25, 0.3) is 5.91 Å². The van der Waals surface area contributed by atoms with Gasteiger partial charge >= 0.3 is 0 Å². The van der Waals surface area contributed by atoms with Crippen molar-refractivity contribution < 1.29 is 4.79 Å². The highest BCUT2D eigenvalue weighted by molar-refractivity contribution is 5.93. The fourth-order valence-corrected chi connectivity index (χ4v) is 2.23. The third-order valence-corrected chi connectivity index (χ3v) is 3.40. The van der Waals surface area contributed by atoms with Gasteiger partial charge in [-0.05, 0) is 25.1 Å². The van der Waals surface area contributed by atoms with Crippen LogP contribution in [0.5, 0.6) is 0 Å². The molecule has 0 spiro atoms. The zero-order valence-electron chi connectivity index (χ0n) is 11.0. The summed E-state index contributed by atoms with van der Waals surface area (Å²) in [4.78, 5) is 20.6. The SMILES string of the molecule is CCCCN1CCN(C(=O)c2cccnc2)CC1. The third-order valence-electron chi connectivity index (χ3n) is 3.40. The van der Waals surface area contributed by atoms with E-state index >= 15 is 0 Å². The molecule has 1 fully saturated rings. The van der Waals surface area contributed by atoms with Crippen molar-refractivity contribution in [2.45, 2.75) is 19.8 Å². The summed E-state index contributed by atoms with van der Waals surface area (Å²) in [5.41, 5.74) is 0.694. The molecule has 4 nitrogen and oxygen atoms in total. The lowest BCUT2D eigenvalue weighted by Crippen LogP contribution is -2.48. The maximum absolute atomic E-state index is 12.2. The summed E-state index contributed by atoms with van der Waals surface area (Å²) in [6.45, 7) is 7.01. The number of hydrogen-bond acceptors (Lipinski definition) is 3. The van der Waals surface area contributed by atoms with Crippen LogP contribution in [0.4, 0.5) is 0 Å². The number of unbranched alkanes of at least 4 members (excludes halogenated alkanes) is 1. The summed E-state index contributed by atoms with van der Waals surface area (Å²) in [5, 5.41) is 0. The topological polar surface area (TPSA) is 36.4 Å². The molecule has 1 aromatic rings. The van der Waals surface area contributed by atoms with Gasteiger partial charge in [0.05, 0.1) is 5.56 Å². The first-order valence-electron chi connectivity index (χ1n) is 6.73. The molecule has 0 bridgehead atoms. The fraction of sp³-hybridized carbons (Fsp3) is 0.571. The van der Waals surface area contributed by atoms with Crippen LogP contribution in [-0.4, -0.2) is 53.4 Å². The predicted octanol–water partition coefficient (Wildman–Crippen LogP) is 1.64. The summed E-state index contributed by atoms with van der Waals surface area (Å²) in [6.07, 6.45) is 5.82. The first-order valence-corrected chi connectivity index (χ1v) is 6.73. The Hall–Kier alpha value is -1.42. The van der Waals surface area contributed by atoms with Gasteiger partial charge in [-0.25, -0.2) is 0 Å². The minimum atomic E-state index is 0.109. The van der Waals surface area contributed by atoms with E-state index in [9.17, 15) is 4.79 Å². The maximum atomic E-state index is 12.2. The third kappa shape index (κ3) is 3.29. The lowest BCUT2D eigenvalue weighted by molar-refractivity contribution is 0.0635. The van der Waals surface area contributed by atoms with Crippen LogP contribution in [0.25, 0.3) is 0 Å². The number of pyridine rings is 1. The average molecular weight is 247 g/mol. The molecule has 0 radical (unpaired) electrons. The van der Waals surface area contributed by atoms with Gasteiger partial charge < -0.3 is 4.90 Å². The largest absolute Gasteiger partial charge is 0.336 e. The van der Waals surface area contributed by atoms with Crippen LogP contribution in [0, 0.1) is 0 Å². The highest BCUT2D eigenvalue weighted by Crippen LogP contribution is 2.08. The van der Waals surface area contributed by atoms with Gasteiger partial charge in [0, 0.05) is 38.6 Å². The highest BCUT2D eigenvalue weighted by Gasteiger charge is 2.21. The zero-order valence-corrected chi connectivity index (χ0v) is 11.0. The second kappa shape index (κ2) is 6.50. The summed E-state index contributed by atoms with van der Waals surface area (Å²) in [7, 11) is 0. The normalized spacial score (nSPS) is 16.8. The first kappa shape index (κ1) is 13.0. The molecule has 4 heteroatoms. The van der Waals surface area contributed by atoms with Crippen LogP contribution in [0.15, 0.2) is 24.5 Å².